The molecule has 1 unspecified atom stereocenters. The number of aromatic nitrogens is 2. The van der Waals surface area contributed by atoms with Gasteiger partial charge in [0.2, 0.25) is 5.13 Å². The normalized spacial score (nSPS) is 11.6. The van der Waals surface area contributed by atoms with Gasteiger partial charge in [0.1, 0.15) is 12.9 Å². The molecule has 0 bridgehead atoms. The van der Waals surface area contributed by atoms with Crippen molar-refractivity contribution in [1.82, 2.24) is 15.2 Å². The first-order valence-electron chi connectivity index (χ1n) is 7.82. The standard InChI is InChI=1S/C16H20N4O3S2/c1-12(8-10-21)7-9-20(19-14-17-18-15(24)25-14)16(22)23-11-13-5-3-2-4-6-13/h2-6,10,12H,7-9,11H2,1H3,(H,17,19)(H,18,24). The highest BCUT2D eigenvalue weighted by Gasteiger charge is 2.18. The van der Waals surface area contributed by atoms with Crippen LogP contribution in [-0.4, -0.2) is 34.1 Å². The maximum absolute atomic E-state index is 12.4. The lowest BCUT2D eigenvalue weighted by atomic mass is 10.1. The molecule has 1 heterocycles. The third-order valence-corrected chi connectivity index (χ3v) is 4.43. The summed E-state index contributed by atoms with van der Waals surface area (Å²) < 4.78 is 5.87. The van der Waals surface area contributed by atoms with E-state index in [0.29, 0.717) is 28.5 Å². The molecule has 0 aliphatic heterocycles. The van der Waals surface area contributed by atoms with Crippen LogP contribution >= 0.6 is 23.6 Å². The zero-order valence-corrected chi connectivity index (χ0v) is 15.4. The van der Waals surface area contributed by atoms with Crippen LogP contribution in [-0.2, 0) is 16.1 Å². The van der Waals surface area contributed by atoms with Gasteiger partial charge in [-0.2, -0.15) is 0 Å². The van der Waals surface area contributed by atoms with Crippen LogP contribution in [0.5, 0.6) is 0 Å². The molecule has 9 heteroatoms. The number of benzene rings is 1. The monoisotopic (exact) mass is 380 g/mol. The average molecular weight is 380 g/mol. The topological polar surface area (TPSA) is 87.3 Å². The number of anilines is 1. The van der Waals surface area contributed by atoms with E-state index in [4.69, 9.17) is 17.0 Å². The molecule has 1 aromatic heterocycles. The second-order valence-corrected chi connectivity index (χ2v) is 7.18. The zero-order valence-electron chi connectivity index (χ0n) is 13.8. The summed E-state index contributed by atoms with van der Waals surface area (Å²) in [5, 5.41) is 8.47. The first-order valence-corrected chi connectivity index (χ1v) is 9.05. The van der Waals surface area contributed by atoms with Crippen molar-refractivity contribution in [3.05, 3.63) is 39.8 Å². The summed E-state index contributed by atoms with van der Waals surface area (Å²) in [5.41, 5.74) is 3.82. The molecule has 2 rings (SSSR count). The molecule has 0 aliphatic rings. The van der Waals surface area contributed by atoms with Gasteiger partial charge in [-0.3, -0.25) is 10.5 Å². The van der Waals surface area contributed by atoms with Gasteiger partial charge in [-0.25, -0.2) is 9.80 Å². The van der Waals surface area contributed by atoms with Gasteiger partial charge in [0.05, 0.1) is 0 Å². The molecule has 0 spiro atoms. The Morgan fingerprint density at radius 3 is 2.88 bits per heavy atom. The third kappa shape index (κ3) is 6.63. The predicted molar refractivity (Wildman–Crippen MR) is 98.7 cm³/mol. The number of nitrogens with zero attached hydrogens (tertiary/aromatic N) is 2. The van der Waals surface area contributed by atoms with Gasteiger partial charge >= 0.3 is 6.09 Å². The molecule has 0 aliphatic carbocycles. The van der Waals surface area contributed by atoms with Gasteiger partial charge in [0, 0.05) is 13.0 Å². The van der Waals surface area contributed by atoms with Crippen molar-refractivity contribution < 1.29 is 14.3 Å². The van der Waals surface area contributed by atoms with Crippen molar-refractivity contribution in [2.45, 2.75) is 26.4 Å². The number of rotatable bonds is 9. The smallest absolute Gasteiger partial charge is 0.428 e. The Morgan fingerprint density at radius 1 is 1.48 bits per heavy atom. The van der Waals surface area contributed by atoms with E-state index < -0.39 is 6.09 Å². The highest BCUT2D eigenvalue weighted by Crippen LogP contribution is 2.15. The predicted octanol–water partition coefficient (Wildman–Crippen LogP) is 3.78. The fourth-order valence-electron chi connectivity index (χ4n) is 2.01. The highest BCUT2D eigenvalue weighted by atomic mass is 32.1. The van der Waals surface area contributed by atoms with E-state index in [1.54, 1.807) is 0 Å². The van der Waals surface area contributed by atoms with Crippen molar-refractivity contribution in [2.75, 3.05) is 12.0 Å². The number of amides is 1. The number of ether oxygens (including phenoxy) is 1. The van der Waals surface area contributed by atoms with Crippen LogP contribution < -0.4 is 5.43 Å². The second kappa shape index (κ2) is 9.90. The van der Waals surface area contributed by atoms with Crippen LogP contribution in [0.4, 0.5) is 9.93 Å². The molecule has 0 fully saturated rings. The summed E-state index contributed by atoms with van der Waals surface area (Å²) >= 11 is 6.22. The Labute approximate surface area is 155 Å². The van der Waals surface area contributed by atoms with Crippen molar-refractivity contribution >= 4 is 41.1 Å². The van der Waals surface area contributed by atoms with E-state index in [0.717, 1.165) is 11.8 Å². The average Bonchev–Trinajstić information content (AvgIpc) is 3.02. The van der Waals surface area contributed by atoms with Gasteiger partial charge in [-0.1, -0.05) is 48.6 Å². The molecule has 1 amide bonds. The molecule has 1 atom stereocenters. The Bertz CT molecular complexity index is 732. The first kappa shape index (κ1) is 19.1. The Balaban J connectivity index is 1.97. The van der Waals surface area contributed by atoms with Crippen LogP contribution in [0.15, 0.2) is 30.3 Å². The number of carbonyl (C=O) groups excluding carboxylic acids is 2. The number of aldehydes is 1. The number of nitrogens with one attached hydrogen (secondary N) is 2. The molecule has 2 N–H and O–H groups in total. The fraction of sp³-hybridized carbons (Fsp3) is 0.375. The van der Waals surface area contributed by atoms with Gasteiger partial charge in [-0.05, 0) is 30.1 Å². The highest BCUT2D eigenvalue weighted by molar-refractivity contribution is 7.73. The van der Waals surface area contributed by atoms with Crippen molar-refractivity contribution in [1.29, 1.82) is 0 Å². The molecular formula is C16H20N4O3S2. The summed E-state index contributed by atoms with van der Waals surface area (Å²) in [6.45, 7) is 2.52. The molecule has 0 radical (unpaired) electrons. The summed E-state index contributed by atoms with van der Waals surface area (Å²) in [6, 6.07) is 9.44. The van der Waals surface area contributed by atoms with E-state index >= 15 is 0 Å². The zero-order chi connectivity index (χ0) is 18.1. The Hall–Kier alpha value is -2.26. The fourth-order valence-corrected chi connectivity index (χ4v) is 2.81. The number of aromatic amines is 1. The lowest BCUT2D eigenvalue weighted by Gasteiger charge is -2.23. The van der Waals surface area contributed by atoms with E-state index in [2.05, 4.69) is 15.6 Å². The lowest BCUT2D eigenvalue weighted by molar-refractivity contribution is -0.108. The molecule has 25 heavy (non-hydrogen) atoms. The first-order chi connectivity index (χ1) is 12.1. The summed E-state index contributed by atoms with van der Waals surface area (Å²) in [6.07, 6.45) is 1.48. The lowest BCUT2D eigenvalue weighted by Crippen LogP contribution is -2.38. The van der Waals surface area contributed by atoms with Gasteiger partial charge in [0.15, 0.2) is 3.95 Å². The van der Waals surface area contributed by atoms with Crippen LogP contribution in [0.25, 0.3) is 0 Å². The van der Waals surface area contributed by atoms with Gasteiger partial charge < -0.3 is 9.53 Å². The maximum atomic E-state index is 12.4. The molecule has 1 aromatic carbocycles. The SMILES string of the molecule is CC(CC=O)CCN(Nc1n[nH]c(=S)s1)C(=O)OCc1ccccc1. The molecule has 2 aromatic rings. The molecule has 7 nitrogen and oxygen atoms in total. The number of hydrogen-bond acceptors (Lipinski definition) is 7. The van der Waals surface area contributed by atoms with Crippen LogP contribution in [0.2, 0.25) is 0 Å². The van der Waals surface area contributed by atoms with Crippen LogP contribution in [0.3, 0.4) is 0 Å². The second-order valence-electron chi connectivity index (χ2n) is 5.52. The minimum absolute atomic E-state index is 0.168. The summed E-state index contributed by atoms with van der Waals surface area (Å²) in [5.74, 6) is 0.168. The van der Waals surface area contributed by atoms with E-state index in [1.807, 2.05) is 37.3 Å². The van der Waals surface area contributed by atoms with Crippen molar-refractivity contribution in [3.63, 3.8) is 0 Å². The number of carbonyl (C=O) groups is 2. The Kier molecular flexibility index (Phi) is 7.55. The van der Waals surface area contributed by atoms with E-state index in [9.17, 15) is 9.59 Å². The minimum atomic E-state index is -0.511. The largest absolute Gasteiger partial charge is 0.443 e. The summed E-state index contributed by atoms with van der Waals surface area (Å²) in [4.78, 5) is 23.0. The summed E-state index contributed by atoms with van der Waals surface area (Å²) in [7, 11) is 0. The molecular weight excluding hydrogens is 360 g/mol. The minimum Gasteiger partial charge on any atom is -0.443 e. The van der Waals surface area contributed by atoms with E-state index in [1.165, 1.54) is 16.3 Å². The quantitative estimate of drug-likeness (QED) is 0.391. The molecule has 0 saturated carbocycles. The van der Waals surface area contributed by atoms with E-state index in [-0.39, 0.29) is 12.5 Å². The number of H-pyrrole nitrogens is 1. The number of hydrogen-bond donors (Lipinski definition) is 2. The molecule has 0 saturated heterocycles. The molecule has 134 valence electrons. The maximum Gasteiger partial charge on any atom is 0.428 e. The Morgan fingerprint density at radius 2 is 2.24 bits per heavy atom. The van der Waals surface area contributed by atoms with Crippen LogP contribution in [0, 0.1) is 9.87 Å². The number of hydrazine groups is 1. The van der Waals surface area contributed by atoms with Gasteiger partial charge in [-0.15, -0.1) is 5.10 Å². The third-order valence-electron chi connectivity index (χ3n) is 3.44. The van der Waals surface area contributed by atoms with Crippen molar-refractivity contribution in [3.8, 4) is 0 Å². The van der Waals surface area contributed by atoms with Gasteiger partial charge in [0.25, 0.3) is 0 Å². The van der Waals surface area contributed by atoms with Crippen molar-refractivity contribution in [2.24, 2.45) is 5.92 Å². The van der Waals surface area contributed by atoms with Crippen LogP contribution in [0.1, 0.15) is 25.3 Å².